The summed E-state index contributed by atoms with van der Waals surface area (Å²) in [4.78, 5) is 17.1. The van der Waals surface area contributed by atoms with Crippen molar-refractivity contribution in [1.29, 1.82) is 0 Å². The maximum atomic E-state index is 13.0. The Balaban J connectivity index is 1.55. The van der Waals surface area contributed by atoms with Gasteiger partial charge >= 0.3 is 12.1 Å². The molecule has 2 aromatic carbocycles. The summed E-state index contributed by atoms with van der Waals surface area (Å²) < 4.78 is 47.2. The van der Waals surface area contributed by atoms with Crippen LogP contribution in [0.2, 0.25) is 0 Å². The summed E-state index contributed by atoms with van der Waals surface area (Å²) in [7, 11) is 0. The van der Waals surface area contributed by atoms with Gasteiger partial charge in [-0.05, 0) is 42.2 Å². The van der Waals surface area contributed by atoms with Crippen molar-refractivity contribution < 1.29 is 27.8 Å². The molecule has 0 aliphatic rings. The molecule has 1 N–H and O–H groups in total. The summed E-state index contributed by atoms with van der Waals surface area (Å²) in [6.07, 6.45) is -1.58. The van der Waals surface area contributed by atoms with Crippen LogP contribution in [0.1, 0.15) is 67.6 Å². The Kier molecular flexibility index (Phi) is 8.16. The van der Waals surface area contributed by atoms with E-state index in [1.165, 1.54) is 23.5 Å². The highest BCUT2D eigenvalue weighted by Gasteiger charge is 2.30. The van der Waals surface area contributed by atoms with E-state index in [0.717, 1.165) is 52.1 Å². The molecule has 2 heterocycles. The molecular weight excluding hydrogens is 513 g/mol. The fourth-order valence-electron chi connectivity index (χ4n) is 4.50. The van der Waals surface area contributed by atoms with Crippen molar-refractivity contribution in [2.75, 3.05) is 6.61 Å². The number of ether oxygens (including phenoxy) is 1. The number of benzene rings is 2. The quantitative estimate of drug-likeness (QED) is 0.219. The van der Waals surface area contributed by atoms with E-state index in [-0.39, 0.29) is 18.3 Å². The topological polar surface area (TPSA) is 64.4 Å². The predicted molar refractivity (Wildman–Crippen MR) is 144 cm³/mol. The number of carbonyl (C=O) groups is 1. The molecule has 0 saturated heterocycles. The van der Waals surface area contributed by atoms with Crippen molar-refractivity contribution in [2.45, 2.75) is 65.1 Å². The molecule has 9 heteroatoms. The lowest BCUT2D eigenvalue weighted by molar-refractivity contribution is -0.138. The van der Waals surface area contributed by atoms with Gasteiger partial charge in [0.2, 0.25) is 0 Å². The molecule has 0 aliphatic heterocycles. The Morgan fingerprint density at radius 3 is 2.45 bits per heavy atom. The number of carboxylic acid groups (broad SMARTS) is 1. The fourth-order valence-corrected chi connectivity index (χ4v) is 5.76. The number of carboxylic acids is 1. The lowest BCUT2D eigenvalue weighted by atomic mass is 10.0. The second-order valence-electron chi connectivity index (χ2n) is 9.81. The highest BCUT2D eigenvalue weighted by atomic mass is 32.1. The van der Waals surface area contributed by atoms with Gasteiger partial charge in [-0.25, -0.2) is 4.98 Å². The summed E-state index contributed by atoms with van der Waals surface area (Å²) >= 11 is 1.49. The van der Waals surface area contributed by atoms with Gasteiger partial charge in [-0.1, -0.05) is 39.8 Å². The number of alkyl halides is 3. The van der Waals surface area contributed by atoms with Crippen molar-refractivity contribution in [3.05, 3.63) is 70.4 Å². The molecule has 202 valence electrons. The van der Waals surface area contributed by atoms with E-state index in [2.05, 4.69) is 18.4 Å². The number of aliphatic carboxylic acids is 1. The third-order valence-electron chi connectivity index (χ3n) is 6.38. The summed E-state index contributed by atoms with van der Waals surface area (Å²) in [5, 5.41) is 10.9. The Bertz CT molecular complexity index is 1420. The molecule has 2 aromatic heterocycles. The van der Waals surface area contributed by atoms with Crippen molar-refractivity contribution in [2.24, 2.45) is 0 Å². The van der Waals surface area contributed by atoms with E-state index >= 15 is 0 Å². The summed E-state index contributed by atoms with van der Waals surface area (Å²) in [5.74, 6) is -0.0156. The molecule has 0 fully saturated rings. The van der Waals surface area contributed by atoms with E-state index in [1.807, 2.05) is 38.2 Å². The maximum absolute atomic E-state index is 13.0. The number of aromatic nitrogens is 2. The third kappa shape index (κ3) is 6.04. The van der Waals surface area contributed by atoms with Crippen LogP contribution in [0, 0.1) is 0 Å². The van der Waals surface area contributed by atoms with E-state index in [0.29, 0.717) is 22.9 Å². The van der Waals surface area contributed by atoms with Gasteiger partial charge in [-0.2, -0.15) is 13.2 Å². The smallest absolute Gasteiger partial charge is 0.416 e. The van der Waals surface area contributed by atoms with Crippen LogP contribution in [0.5, 0.6) is 5.75 Å². The molecule has 0 unspecified atom stereocenters. The van der Waals surface area contributed by atoms with Gasteiger partial charge in [0.05, 0.1) is 29.8 Å². The second-order valence-corrected chi connectivity index (χ2v) is 10.8. The number of hydrogen-bond donors (Lipinski definition) is 1. The second kappa shape index (κ2) is 11.2. The number of thiazole rings is 1. The summed E-state index contributed by atoms with van der Waals surface area (Å²) in [6.45, 7) is 9.41. The molecule has 0 amide bonds. The minimum Gasteiger partial charge on any atom is -0.493 e. The van der Waals surface area contributed by atoms with Crippen LogP contribution in [0.15, 0.2) is 48.7 Å². The van der Waals surface area contributed by atoms with Crippen molar-refractivity contribution in [3.63, 3.8) is 0 Å². The Morgan fingerprint density at radius 2 is 1.84 bits per heavy atom. The van der Waals surface area contributed by atoms with E-state index in [4.69, 9.17) is 9.72 Å². The third-order valence-corrected chi connectivity index (χ3v) is 7.73. The van der Waals surface area contributed by atoms with E-state index in [1.54, 1.807) is 0 Å². The Morgan fingerprint density at radius 1 is 1.13 bits per heavy atom. The molecule has 4 aromatic rings. The fraction of sp³-hybridized carbons (Fsp3) is 0.379. The zero-order valence-corrected chi connectivity index (χ0v) is 22.6. The van der Waals surface area contributed by atoms with Crippen molar-refractivity contribution in [1.82, 2.24) is 9.55 Å². The Hall–Kier alpha value is -3.33. The first kappa shape index (κ1) is 27.7. The molecular formula is C29H31F3N2O3S. The van der Waals surface area contributed by atoms with Gasteiger partial charge in [0.25, 0.3) is 0 Å². The standard InChI is InChI=1S/C29H31F3N2O3S/c1-5-12-34-15-20(13-25(35)36)23-11-10-22(14-24(23)34)37-16-18(4)27-26(17(2)3)33-28(38-27)19-6-8-21(9-7-19)29(30,31)32/h6-11,14-15,17-18H,5,12-13,16H2,1-4H3,(H,35,36)/t18-/m0/s1. The van der Waals surface area contributed by atoms with Gasteiger partial charge in [0, 0.05) is 40.6 Å². The molecule has 0 radical (unpaired) electrons. The zero-order chi connectivity index (χ0) is 27.6. The van der Waals surface area contributed by atoms with Crippen LogP contribution in [-0.2, 0) is 23.9 Å². The van der Waals surface area contributed by atoms with Crippen molar-refractivity contribution >= 4 is 28.2 Å². The zero-order valence-electron chi connectivity index (χ0n) is 21.8. The van der Waals surface area contributed by atoms with Crippen LogP contribution < -0.4 is 4.74 Å². The average molecular weight is 545 g/mol. The molecule has 5 nitrogen and oxygen atoms in total. The van der Waals surface area contributed by atoms with Crippen molar-refractivity contribution in [3.8, 4) is 16.3 Å². The van der Waals surface area contributed by atoms with E-state index in [9.17, 15) is 23.1 Å². The lowest BCUT2D eigenvalue weighted by Crippen LogP contribution is -2.08. The minimum absolute atomic E-state index is 0.00814. The highest BCUT2D eigenvalue weighted by Crippen LogP contribution is 2.38. The largest absolute Gasteiger partial charge is 0.493 e. The van der Waals surface area contributed by atoms with Crippen LogP contribution >= 0.6 is 11.3 Å². The van der Waals surface area contributed by atoms with E-state index < -0.39 is 17.7 Å². The van der Waals surface area contributed by atoms with Gasteiger partial charge < -0.3 is 14.4 Å². The van der Waals surface area contributed by atoms with Crippen LogP contribution in [-0.4, -0.2) is 27.2 Å². The number of halogens is 3. The summed E-state index contributed by atoms with van der Waals surface area (Å²) in [5.41, 5.74) is 2.62. The number of aryl methyl sites for hydroxylation is 1. The molecule has 4 rings (SSSR count). The predicted octanol–water partition coefficient (Wildman–Crippen LogP) is 8.13. The van der Waals surface area contributed by atoms with Crippen LogP contribution in [0.25, 0.3) is 21.5 Å². The summed E-state index contributed by atoms with van der Waals surface area (Å²) in [6, 6.07) is 10.8. The first-order valence-corrected chi connectivity index (χ1v) is 13.4. The first-order chi connectivity index (χ1) is 18.0. The SMILES string of the molecule is CCCn1cc(CC(=O)O)c2ccc(OC[C@H](C)c3sc(-c4ccc(C(F)(F)F)cc4)nc3C(C)C)cc21. The number of hydrogen-bond acceptors (Lipinski definition) is 4. The molecule has 0 aliphatic carbocycles. The van der Waals surface area contributed by atoms with Gasteiger partial charge in [-0.15, -0.1) is 11.3 Å². The molecule has 0 bridgehead atoms. The molecule has 38 heavy (non-hydrogen) atoms. The number of fused-ring (bicyclic) bond motifs is 1. The maximum Gasteiger partial charge on any atom is 0.416 e. The van der Waals surface area contributed by atoms with Gasteiger partial charge in [0.15, 0.2) is 0 Å². The number of rotatable bonds is 10. The first-order valence-electron chi connectivity index (χ1n) is 12.6. The van der Waals surface area contributed by atoms with Crippen LogP contribution in [0.3, 0.4) is 0 Å². The number of nitrogens with zero attached hydrogens (tertiary/aromatic N) is 2. The normalized spacial score (nSPS) is 12.8. The van der Waals surface area contributed by atoms with Gasteiger partial charge in [0.1, 0.15) is 10.8 Å². The average Bonchev–Trinajstić information content (AvgIpc) is 3.45. The van der Waals surface area contributed by atoms with Crippen LogP contribution in [0.4, 0.5) is 13.2 Å². The highest BCUT2D eigenvalue weighted by molar-refractivity contribution is 7.15. The van der Waals surface area contributed by atoms with Gasteiger partial charge in [-0.3, -0.25) is 4.79 Å². The molecule has 0 saturated carbocycles. The Labute approximate surface area is 223 Å². The monoisotopic (exact) mass is 544 g/mol. The lowest BCUT2D eigenvalue weighted by Gasteiger charge is -2.15. The molecule has 1 atom stereocenters. The minimum atomic E-state index is -4.37. The molecule has 0 spiro atoms.